The van der Waals surface area contributed by atoms with Crippen LogP contribution in [-0.4, -0.2) is 43.7 Å². The zero-order valence-electron chi connectivity index (χ0n) is 18.7. The summed E-state index contributed by atoms with van der Waals surface area (Å²) in [5, 5.41) is 6.54. The average Bonchev–Trinajstić information content (AvgIpc) is 3.35. The van der Waals surface area contributed by atoms with Crippen molar-refractivity contribution in [1.82, 2.24) is 15.6 Å². The van der Waals surface area contributed by atoms with Gasteiger partial charge in [0.2, 0.25) is 0 Å². The van der Waals surface area contributed by atoms with Crippen LogP contribution in [0, 0.1) is 5.82 Å². The number of rotatable bonds is 7. The Bertz CT molecular complexity index is 1000. The second-order valence-corrected chi connectivity index (χ2v) is 7.60. The number of halogens is 2. The van der Waals surface area contributed by atoms with Gasteiger partial charge in [-0.15, -0.1) is 24.0 Å². The second kappa shape index (κ2) is 12.4. The highest BCUT2D eigenvalue weighted by Crippen LogP contribution is 2.20. The number of guanidine groups is 1. The summed E-state index contributed by atoms with van der Waals surface area (Å²) in [7, 11) is 0. The predicted octanol–water partition coefficient (Wildman–Crippen LogP) is 4.01. The highest BCUT2D eigenvalue weighted by atomic mass is 127. The standard InChI is InChI=1S/C24H29FN6O.HI/c1-2-26-24(29-18-22-4-3-15-32-22)28-17-19-9-10-27-23(16-19)31-13-11-30(12-14-31)21-7-5-20(25)6-8-21;/h3-10,15-16H,2,11-14,17-18H2,1H3,(H2,26,28,29);1H. The molecular formula is C24H30FIN6O. The van der Waals surface area contributed by atoms with E-state index in [1.54, 1.807) is 6.26 Å². The Balaban J connectivity index is 0.00000306. The first-order valence-corrected chi connectivity index (χ1v) is 11.0. The van der Waals surface area contributed by atoms with Gasteiger partial charge in [0.1, 0.15) is 17.4 Å². The molecule has 1 saturated heterocycles. The number of aromatic nitrogens is 1. The maximum Gasteiger partial charge on any atom is 0.191 e. The molecule has 3 aromatic rings. The molecular weight excluding hydrogens is 534 g/mol. The van der Waals surface area contributed by atoms with Crippen molar-refractivity contribution in [2.24, 2.45) is 4.99 Å². The van der Waals surface area contributed by atoms with Crippen LogP contribution in [0.25, 0.3) is 0 Å². The first-order valence-electron chi connectivity index (χ1n) is 11.0. The molecule has 4 rings (SSSR count). The minimum Gasteiger partial charge on any atom is -0.467 e. The van der Waals surface area contributed by atoms with Crippen LogP contribution in [0.5, 0.6) is 0 Å². The molecule has 0 bridgehead atoms. The van der Waals surface area contributed by atoms with Gasteiger partial charge in [-0.2, -0.15) is 0 Å². The predicted molar refractivity (Wildman–Crippen MR) is 141 cm³/mol. The first-order chi connectivity index (χ1) is 15.7. The number of nitrogens with one attached hydrogen (secondary N) is 2. The molecule has 0 spiro atoms. The number of nitrogens with zero attached hydrogens (tertiary/aromatic N) is 4. The van der Waals surface area contributed by atoms with Gasteiger partial charge in [0, 0.05) is 44.6 Å². The van der Waals surface area contributed by atoms with E-state index in [0.717, 1.165) is 61.5 Å². The Morgan fingerprint density at radius 2 is 1.82 bits per heavy atom. The molecule has 9 heteroatoms. The van der Waals surface area contributed by atoms with Crippen molar-refractivity contribution in [2.75, 3.05) is 42.5 Å². The smallest absolute Gasteiger partial charge is 0.191 e. The fourth-order valence-corrected chi connectivity index (χ4v) is 3.67. The fourth-order valence-electron chi connectivity index (χ4n) is 3.67. The summed E-state index contributed by atoms with van der Waals surface area (Å²) in [6.45, 7) is 7.43. The number of pyridine rings is 1. The Morgan fingerprint density at radius 1 is 1.06 bits per heavy atom. The Labute approximate surface area is 211 Å². The van der Waals surface area contributed by atoms with E-state index in [1.807, 2.05) is 43.5 Å². The van der Waals surface area contributed by atoms with Crippen LogP contribution in [-0.2, 0) is 13.1 Å². The molecule has 1 aliphatic heterocycles. The van der Waals surface area contributed by atoms with Crippen molar-refractivity contribution in [3.05, 3.63) is 78.1 Å². The number of hydrogen-bond acceptors (Lipinski definition) is 5. The molecule has 3 heterocycles. The molecule has 2 aromatic heterocycles. The molecule has 7 nitrogen and oxygen atoms in total. The molecule has 0 radical (unpaired) electrons. The van der Waals surface area contributed by atoms with E-state index in [4.69, 9.17) is 9.41 Å². The SMILES string of the molecule is CCNC(=NCc1ccnc(N2CCN(c3ccc(F)cc3)CC2)c1)NCc1ccco1.I. The van der Waals surface area contributed by atoms with Gasteiger partial charge in [-0.1, -0.05) is 0 Å². The van der Waals surface area contributed by atoms with Crippen LogP contribution in [0.2, 0.25) is 0 Å². The minimum absolute atomic E-state index is 0. The van der Waals surface area contributed by atoms with Crippen molar-refractivity contribution in [1.29, 1.82) is 0 Å². The summed E-state index contributed by atoms with van der Waals surface area (Å²) in [6.07, 6.45) is 3.51. The number of benzene rings is 1. The summed E-state index contributed by atoms with van der Waals surface area (Å²) in [6, 6.07) is 14.6. The Hall–Kier alpha value is -2.82. The maximum absolute atomic E-state index is 13.2. The van der Waals surface area contributed by atoms with Crippen LogP contribution in [0.3, 0.4) is 0 Å². The van der Waals surface area contributed by atoms with Gasteiger partial charge in [0.25, 0.3) is 0 Å². The molecule has 1 fully saturated rings. The van der Waals surface area contributed by atoms with E-state index in [1.165, 1.54) is 12.1 Å². The number of anilines is 2. The maximum atomic E-state index is 13.2. The quantitative estimate of drug-likeness (QED) is 0.257. The van der Waals surface area contributed by atoms with Crippen LogP contribution in [0.15, 0.2) is 70.4 Å². The number of aliphatic imine (C=N–C) groups is 1. The van der Waals surface area contributed by atoms with Gasteiger partial charge in [0.05, 0.1) is 19.4 Å². The lowest BCUT2D eigenvalue weighted by Gasteiger charge is -2.36. The molecule has 0 amide bonds. The van der Waals surface area contributed by atoms with E-state index >= 15 is 0 Å². The molecule has 1 aromatic carbocycles. The van der Waals surface area contributed by atoms with E-state index in [0.29, 0.717) is 13.1 Å². The summed E-state index contributed by atoms with van der Waals surface area (Å²) >= 11 is 0. The Morgan fingerprint density at radius 3 is 2.52 bits per heavy atom. The van der Waals surface area contributed by atoms with E-state index in [9.17, 15) is 4.39 Å². The lowest BCUT2D eigenvalue weighted by atomic mass is 10.2. The third-order valence-electron chi connectivity index (χ3n) is 5.38. The van der Waals surface area contributed by atoms with E-state index < -0.39 is 0 Å². The first kappa shape index (κ1) is 24.8. The van der Waals surface area contributed by atoms with Crippen molar-refractivity contribution in [2.45, 2.75) is 20.0 Å². The molecule has 2 N–H and O–H groups in total. The van der Waals surface area contributed by atoms with Crippen LogP contribution in [0.4, 0.5) is 15.9 Å². The topological polar surface area (TPSA) is 68.9 Å². The van der Waals surface area contributed by atoms with Crippen molar-refractivity contribution in [3.8, 4) is 0 Å². The fraction of sp³-hybridized carbons (Fsp3) is 0.333. The third-order valence-corrected chi connectivity index (χ3v) is 5.38. The summed E-state index contributed by atoms with van der Waals surface area (Å²) < 4.78 is 18.6. The van der Waals surface area contributed by atoms with E-state index in [2.05, 4.69) is 31.5 Å². The van der Waals surface area contributed by atoms with Crippen molar-refractivity contribution < 1.29 is 8.81 Å². The largest absolute Gasteiger partial charge is 0.467 e. The van der Waals surface area contributed by atoms with Gasteiger partial charge in [-0.05, 0) is 61.0 Å². The lowest BCUT2D eigenvalue weighted by Crippen LogP contribution is -2.46. The Kier molecular flexibility index (Phi) is 9.35. The van der Waals surface area contributed by atoms with Gasteiger partial charge >= 0.3 is 0 Å². The minimum atomic E-state index is -0.204. The number of hydrogen-bond donors (Lipinski definition) is 2. The average molecular weight is 564 g/mol. The molecule has 0 saturated carbocycles. The molecule has 1 aliphatic rings. The highest BCUT2D eigenvalue weighted by molar-refractivity contribution is 14.0. The zero-order chi connectivity index (χ0) is 22.2. The number of furan rings is 1. The van der Waals surface area contributed by atoms with Crippen LogP contribution >= 0.6 is 24.0 Å². The molecule has 0 unspecified atom stereocenters. The third kappa shape index (κ3) is 7.08. The highest BCUT2D eigenvalue weighted by Gasteiger charge is 2.18. The normalized spacial score (nSPS) is 14.1. The van der Waals surface area contributed by atoms with Gasteiger partial charge < -0.3 is 24.9 Å². The van der Waals surface area contributed by atoms with E-state index in [-0.39, 0.29) is 29.8 Å². The molecule has 0 atom stereocenters. The van der Waals surface area contributed by atoms with Gasteiger partial charge in [0.15, 0.2) is 5.96 Å². The van der Waals surface area contributed by atoms with Crippen LogP contribution < -0.4 is 20.4 Å². The molecule has 33 heavy (non-hydrogen) atoms. The monoisotopic (exact) mass is 564 g/mol. The second-order valence-electron chi connectivity index (χ2n) is 7.60. The molecule has 176 valence electrons. The van der Waals surface area contributed by atoms with Gasteiger partial charge in [-0.25, -0.2) is 14.4 Å². The number of piperazine rings is 1. The lowest BCUT2D eigenvalue weighted by molar-refractivity contribution is 0.501. The van der Waals surface area contributed by atoms with Crippen LogP contribution in [0.1, 0.15) is 18.2 Å². The molecule has 0 aliphatic carbocycles. The van der Waals surface area contributed by atoms with Crippen molar-refractivity contribution >= 4 is 41.4 Å². The summed E-state index contributed by atoms with van der Waals surface area (Å²) in [4.78, 5) is 13.8. The van der Waals surface area contributed by atoms with Crippen molar-refractivity contribution in [3.63, 3.8) is 0 Å². The zero-order valence-corrected chi connectivity index (χ0v) is 21.0. The summed E-state index contributed by atoms with van der Waals surface area (Å²) in [5.41, 5.74) is 2.16. The summed E-state index contributed by atoms with van der Waals surface area (Å²) in [5.74, 6) is 2.37. The van der Waals surface area contributed by atoms with Gasteiger partial charge in [-0.3, -0.25) is 0 Å².